The molecule has 0 spiro atoms. The molecule has 0 atom stereocenters. The zero-order valence-electron chi connectivity index (χ0n) is 10.8. The number of ketones is 1. The Morgan fingerprint density at radius 2 is 2.21 bits per heavy atom. The number of carbonyl (C=O) groups is 1. The van der Waals surface area contributed by atoms with Gasteiger partial charge in [0.05, 0.1) is 5.69 Å². The van der Waals surface area contributed by atoms with Gasteiger partial charge in [-0.2, -0.15) is 5.26 Å². The Balaban J connectivity index is 2.45. The van der Waals surface area contributed by atoms with Gasteiger partial charge >= 0.3 is 0 Å². The van der Waals surface area contributed by atoms with Crippen molar-refractivity contribution in [2.24, 2.45) is 4.99 Å². The fourth-order valence-corrected chi connectivity index (χ4v) is 2.54. The highest BCUT2D eigenvalue weighted by Gasteiger charge is 2.18. The third kappa shape index (κ3) is 3.15. The number of Topliss-reactive ketones (excluding diaryl/α,β-unsaturated/α-hetero) is 1. The van der Waals surface area contributed by atoms with Gasteiger partial charge < -0.3 is 0 Å². The molecule has 0 saturated carbocycles. The molecular weight excluding hydrogens is 258 g/mol. The average Bonchev–Trinajstić information content (AvgIpc) is 2.61. The molecule has 1 aromatic rings. The van der Waals surface area contributed by atoms with E-state index in [1.807, 2.05) is 30.6 Å². The number of nitrogens with one attached hydrogen (secondary N) is 1. The van der Waals surface area contributed by atoms with Gasteiger partial charge in [-0.3, -0.25) is 10.1 Å². The normalized spacial score (nSPS) is 15.4. The second kappa shape index (κ2) is 6.39. The number of amidine groups is 1. The van der Waals surface area contributed by atoms with Crippen LogP contribution in [0.15, 0.2) is 23.2 Å². The van der Waals surface area contributed by atoms with E-state index in [9.17, 15) is 4.79 Å². The largest absolute Gasteiger partial charge is 0.294 e. The number of aliphatic imine (C=N–C) groups is 1. The van der Waals surface area contributed by atoms with Gasteiger partial charge in [-0.1, -0.05) is 23.9 Å². The van der Waals surface area contributed by atoms with Crippen LogP contribution in [0.4, 0.5) is 5.69 Å². The summed E-state index contributed by atoms with van der Waals surface area (Å²) in [6, 6.07) is 5.62. The van der Waals surface area contributed by atoms with Crippen LogP contribution in [0, 0.1) is 11.5 Å². The number of hydrogen-bond donors (Lipinski definition) is 1. The number of nitriles is 1. The number of thioether (sulfide) groups is 1. The molecule has 0 aliphatic heterocycles. The molecule has 5 heteroatoms. The van der Waals surface area contributed by atoms with E-state index in [1.165, 1.54) is 11.8 Å². The van der Waals surface area contributed by atoms with E-state index in [0.717, 1.165) is 36.1 Å². The molecule has 1 aromatic carbocycles. The SMILES string of the molecule is CSC(=Nc1cccc2c1CCCCC2=O)NC#N. The Kier molecular flexibility index (Phi) is 4.58. The lowest BCUT2D eigenvalue weighted by Gasteiger charge is -2.09. The molecule has 2 rings (SSSR count). The zero-order chi connectivity index (χ0) is 13.7. The predicted octanol–water partition coefficient (Wildman–Crippen LogP) is 3.02. The van der Waals surface area contributed by atoms with Crippen LogP contribution in [0.3, 0.4) is 0 Å². The topological polar surface area (TPSA) is 65.2 Å². The summed E-state index contributed by atoms with van der Waals surface area (Å²) in [7, 11) is 0. The number of fused-ring (bicyclic) bond motifs is 1. The first-order valence-electron chi connectivity index (χ1n) is 6.19. The first kappa shape index (κ1) is 13.6. The molecule has 0 amide bonds. The van der Waals surface area contributed by atoms with Crippen molar-refractivity contribution in [3.8, 4) is 6.19 Å². The molecule has 98 valence electrons. The van der Waals surface area contributed by atoms with Crippen LogP contribution in [-0.2, 0) is 6.42 Å². The number of rotatable bonds is 1. The molecule has 4 nitrogen and oxygen atoms in total. The highest BCUT2D eigenvalue weighted by Crippen LogP contribution is 2.29. The first-order valence-corrected chi connectivity index (χ1v) is 7.41. The number of hydrogen-bond acceptors (Lipinski definition) is 4. The van der Waals surface area contributed by atoms with Crippen molar-refractivity contribution in [1.29, 1.82) is 5.26 Å². The van der Waals surface area contributed by atoms with Crippen LogP contribution in [0.5, 0.6) is 0 Å². The van der Waals surface area contributed by atoms with E-state index in [4.69, 9.17) is 5.26 Å². The number of carbonyl (C=O) groups excluding carboxylic acids is 1. The third-order valence-corrected chi connectivity index (χ3v) is 3.69. The van der Waals surface area contributed by atoms with Gasteiger partial charge in [0.2, 0.25) is 0 Å². The summed E-state index contributed by atoms with van der Waals surface area (Å²) < 4.78 is 0. The third-order valence-electron chi connectivity index (χ3n) is 3.11. The van der Waals surface area contributed by atoms with Crippen molar-refractivity contribution in [2.45, 2.75) is 25.7 Å². The Hall–Kier alpha value is -1.80. The lowest BCUT2D eigenvalue weighted by molar-refractivity contribution is 0.0982. The standard InChI is InChI=1S/C14H15N3OS/c1-19-14(16-9-15)17-12-7-4-6-11-10(12)5-2-3-8-13(11)18/h4,6-7H,2-3,5,8H2,1H3,(H,16,17). The Labute approximate surface area is 116 Å². The summed E-state index contributed by atoms with van der Waals surface area (Å²) in [6.07, 6.45) is 7.15. The van der Waals surface area contributed by atoms with Crippen LogP contribution in [0.25, 0.3) is 0 Å². The summed E-state index contributed by atoms with van der Waals surface area (Å²) in [5, 5.41) is 11.8. The molecule has 1 aliphatic rings. The van der Waals surface area contributed by atoms with Crippen molar-refractivity contribution >= 4 is 28.4 Å². The van der Waals surface area contributed by atoms with Crippen molar-refractivity contribution in [2.75, 3.05) is 6.26 Å². The van der Waals surface area contributed by atoms with Gasteiger partial charge in [-0.25, -0.2) is 4.99 Å². The smallest absolute Gasteiger partial charge is 0.183 e. The van der Waals surface area contributed by atoms with E-state index in [1.54, 1.807) is 0 Å². The van der Waals surface area contributed by atoms with E-state index in [0.29, 0.717) is 11.6 Å². The predicted molar refractivity (Wildman–Crippen MR) is 77.7 cm³/mol. The van der Waals surface area contributed by atoms with Crippen LogP contribution in [0.2, 0.25) is 0 Å². The lowest BCUT2D eigenvalue weighted by Crippen LogP contribution is -2.12. The zero-order valence-corrected chi connectivity index (χ0v) is 11.6. The Bertz CT molecular complexity index is 560. The Morgan fingerprint density at radius 1 is 1.42 bits per heavy atom. The van der Waals surface area contributed by atoms with Gasteiger partial charge in [-0.15, -0.1) is 0 Å². The summed E-state index contributed by atoms with van der Waals surface area (Å²) >= 11 is 1.38. The molecule has 1 aliphatic carbocycles. The van der Waals surface area contributed by atoms with E-state index >= 15 is 0 Å². The average molecular weight is 273 g/mol. The fourth-order valence-electron chi connectivity index (χ4n) is 2.21. The van der Waals surface area contributed by atoms with E-state index in [-0.39, 0.29) is 5.78 Å². The fraction of sp³-hybridized carbons (Fsp3) is 0.357. The maximum absolute atomic E-state index is 12.0. The molecule has 0 fully saturated rings. The summed E-state index contributed by atoms with van der Waals surface area (Å²) in [5.74, 6) is 0.198. The first-order chi connectivity index (χ1) is 9.26. The molecule has 0 radical (unpaired) electrons. The minimum Gasteiger partial charge on any atom is -0.294 e. The quantitative estimate of drug-likeness (QED) is 0.281. The van der Waals surface area contributed by atoms with Gasteiger partial charge in [0, 0.05) is 12.0 Å². The minimum atomic E-state index is 0.198. The molecule has 1 N–H and O–H groups in total. The van der Waals surface area contributed by atoms with Crippen molar-refractivity contribution in [3.63, 3.8) is 0 Å². The van der Waals surface area contributed by atoms with Crippen molar-refractivity contribution in [3.05, 3.63) is 29.3 Å². The minimum absolute atomic E-state index is 0.198. The summed E-state index contributed by atoms with van der Waals surface area (Å²) in [4.78, 5) is 16.5. The summed E-state index contributed by atoms with van der Waals surface area (Å²) in [6.45, 7) is 0. The van der Waals surface area contributed by atoms with Crippen LogP contribution < -0.4 is 5.32 Å². The molecule has 0 heterocycles. The van der Waals surface area contributed by atoms with E-state index < -0.39 is 0 Å². The molecule has 0 bridgehead atoms. The van der Waals surface area contributed by atoms with Crippen LogP contribution >= 0.6 is 11.8 Å². The molecule has 19 heavy (non-hydrogen) atoms. The van der Waals surface area contributed by atoms with Crippen LogP contribution in [0.1, 0.15) is 35.2 Å². The second-order valence-corrected chi connectivity index (χ2v) is 5.09. The number of nitrogens with zero attached hydrogens (tertiary/aromatic N) is 2. The lowest BCUT2D eigenvalue weighted by atomic mass is 10.0. The van der Waals surface area contributed by atoms with Crippen molar-refractivity contribution in [1.82, 2.24) is 5.32 Å². The second-order valence-electron chi connectivity index (χ2n) is 4.29. The van der Waals surface area contributed by atoms with Crippen LogP contribution in [-0.4, -0.2) is 17.2 Å². The molecule has 0 unspecified atom stereocenters. The van der Waals surface area contributed by atoms with Gasteiger partial charge in [0.1, 0.15) is 0 Å². The maximum Gasteiger partial charge on any atom is 0.183 e. The van der Waals surface area contributed by atoms with Gasteiger partial charge in [-0.05, 0) is 37.1 Å². The Morgan fingerprint density at radius 3 is 2.95 bits per heavy atom. The monoisotopic (exact) mass is 273 g/mol. The molecule has 0 saturated heterocycles. The summed E-state index contributed by atoms with van der Waals surface area (Å²) in [5.41, 5.74) is 2.59. The highest BCUT2D eigenvalue weighted by atomic mass is 32.2. The van der Waals surface area contributed by atoms with E-state index in [2.05, 4.69) is 10.3 Å². The van der Waals surface area contributed by atoms with Gasteiger partial charge in [0.25, 0.3) is 0 Å². The molecular formula is C14H15N3OS. The maximum atomic E-state index is 12.0. The van der Waals surface area contributed by atoms with Gasteiger partial charge in [0.15, 0.2) is 17.1 Å². The number of benzene rings is 1. The van der Waals surface area contributed by atoms with Crippen molar-refractivity contribution < 1.29 is 4.79 Å². The highest BCUT2D eigenvalue weighted by molar-refractivity contribution is 8.13. The molecule has 0 aromatic heterocycles.